The van der Waals surface area contributed by atoms with E-state index in [0.717, 1.165) is 22.1 Å². The molecule has 1 amide bonds. The van der Waals surface area contributed by atoms with Crippen LogP contribution in [0.15, 0.2) is 36.4 Å². The molecular formula is C20H25NO4. The minimum absolute atomic E-state index is 0.00572. The van der Waals surface area contributed by atoms with Gasteiger partial charge in [-0.15, -0.1) is 0 Å². The van der Waals surface area contributed by atoms with Crippen molar-refractivity contribution in [2.75, 3.05) is 33.9 Å². The number of carbonyl (C=O) groups excluding carboxylic acids is 1. The summed E-state index contributed by atoms with van der Waals surface area (Å²) < 4.78 is 16.5. The highest BCUT2D eigenvalue weighted by molar-refractivity contribution is 5.85. The molecule has 2 aromatic carbocycles. The highest BCUT2D eigenvalue weighted by Crippen LogP contribution is 2.28. The van der Waals surface area contributed by atoms with Crippen molar-refractivity contribution < 1.29 is 19.0 Å². The van der Waals surface area contributed by atoms with Crippen molar-refractivity contribution in [2.24, 2.45) is 0 Å². The van der Waals surface area contributed by atoms with Crippen molar-refractivity contribution in [2.45, 2.75) is 25.6 Å². The van der Waals surface area contributed by atoms with E-state index in [1.54, 1.807) is 28.1 Å². The molecule has 1 fully saturated rings. The number of morpholine rings is 1. The Morgan fingerprint density at radius 2 is 1.88 bits per heavy atom. The quantitative estimate of drug-likeness (QED) is 0.855. The lowest BCUT2D eigenvalue weighted by atomic mass is 10.0. The summed E-state index contributed by atoms with van der Waals surface area (Å²) in [6.45, 7) is 5.24. The molecule has 0 radical (unpaired) electrons. The molecule has 25 heavy (non-hydrogen) atoms. The zero-order valence-corrected chi connectivity index (χ0v) is 15.2. The predicted molar refractivity (Wildman–Crippen MR) is 96.9 cm³/mol. The number of carbonyl (C=O) groups is 1. The molecule has 1 saturated heterocycles. The molecule has 0 N–H and O–H groups in total. The topological polar surface area (TPSA) is 48.0 Å². The first-order chi connectivity index (χ1) is 11.9. The number of ether oxygens (including phenoxy) is 3. The first-order valence-corrected chi connectivity index (χ1v) is 8.48. The number of benzene rings is 2. The summed E-state index contributed by atoms with van der Waals surface area (Å²) in [5.41, 5.74) is 0.257. The number of methoxy groups -OCH3 is 2. The SMILES string of the molecule is COc1ccc2cc([C@H]3CN(C(=O)C(C)(C)OC)CCO3)ccc2c1. The van der Waals surface area contributed by atoms with Crippen LogP contribution >= 0.6 is 0 Å². The molecule has 1 aliphatic heterocycles. The molecule has 0 spiro atoms. The van der Waals surface area contributed by atoms with Gasteiger partial charge in [-0.2, -0.15) is 0 Å². The summed E-state index contributed by atoms with van der Waals surface area (Å²) in [5.74, 6) is 0.835. The van der Waals surface area contributed by atoms with Crippen LogP contribution in [-0.4, -0.2) is 50.3 Å². The molecule has 0 saturated carbocycles. The lowest BCUT2D eigenvalue weighted by Crippen LogP contribution is -2.51. The lowest BCUT2D eigenvalue weighted by molar-refractivity contribution is -0.158. The van der Waals surface area contributed by atoms with Crippen LogP contribution in [0.4, 0.5) is 0 Å². The van der Waals surface area contributed by atoms with E-state index in [4.69, 9.17) is 14.2 Å². The van der Waals surface area contributed by atoms with Crippen LogP contribution in [0.5, 0.6) is 5.75 Å². The van der Waals surface area contributed by atoms with Gasteiger partial charge in [0.2, 0.25) is 0 Å². The van der Waals surface area contributed by atoms with Crippen molar-refractivity contribution in [1.29, 1.82) is 0 Å². The number of fused-ring (bicyclic) bond motifs is 1. The number of hydrogen-bond acceptors (Lipinski definition) is 4. The Labute approximate surface area is 148 Å². The Morgan fingerprint density at radius 1 is 1.16 bits per heavy atom. The Balaban J connectivity index is 1.81. The third-order valence-corrected chi connectivity index (χ3v) is 4.82. The van der Waals surface area contributed by atoms with E-state index in [9.17, 15) is 4.79 Å². The fraction of sp³-hybridized carbons (Fsp3) is 0.450. The average molecular weight is 343 g/mol. The molecule has 3 rings (SSSR count). The smallest absolute Gasteiger partial charge is 0.254 e. The van der Waals surface area contributed by atoms with E-state index in [-0.39, 0.29) is 12.0 Å². The normalized spacial score (nSPS) is 18.4. The Hall–Kier alpha value is -2.11. The van der Waals surface area contributed by atoms with Gasteiger partial charge < -0.3 is 19.1 Å². The van der Waals surface area contributed by atoms with Gasteiger partial charge in [0.25, 0.3) is 5.91 Å². The first-order valence-electron chi connectivity index (χ1n) is 8.48. The minimum atomic E-state index is -0.818. The maximum absolute atomic E-state index is 12.6. The molecule has 0 aliphatic carbocycles. The lowest BCUT2D eigenvalue weighted by Gasteiger charge is -2.37. The molecule has 0 bridgehead atoms. The third kappa shape index (κ3) is 3.62. The molecule has 1 heterocycles. The van der Waals surface area contributed by atoms with Crippen molar-refractivity contribution in [1.82, 2.24) is 4.90 Å². The Bertz CT molecular complexity index is 771. The van der Waals surface area contributed by atoms with Gasteiger partial charge in [-0.05, 0) is 48.4 Å². The number of amides is 1. The van der Waals surface area contributed by atoms with Crippen LogP contribution in [0.1, 0.15) is 25.5 Å². The molecule has 0 unspecified atom stereocenters. The van der Waals surface area contributed by atoms with Crippen LogP contribution in [0.2, 0.25) is 0 Å². The standard InChI is InChI=1S/C20H25NO4/c1-20(2,24-4)19(22)21-9-10-25-18(13-21)16-6-5-15-12-17(23-3)8-7-14(15)11-16/h5-8,11-12,18H,9-10,13H2,1-4H3/t18-/m1/s1. The molecule has 0 aromatic heterocycles. The van der Waals surface area contributed by atoms with Gasteiger partial charge >= 0.3 is 0 Å². The monoisotopic (exact) mass is 343 g/mol. The van der Waals surface area contributed by atoms with Crippen molar-refractivity contribution in [3.63, 3.8) is 0 Å². The van der Waals surface area contributed by atoms with Crippen LogP contribution < -0.4 is 4.74 Å². The van der Waals surface area contributed by atoms with Crippen LogP contribution in [0, 0.1) is 0 Å². The zero-order chi connectivity index (χ0) is 18.0. The summed E-state index contributed by atoms with van der Waals surface area (Å²) in [5, 5.41) is 2.25. The minimum Gasteiger partial charge on any atom is -0.497 e. The molecule has 1 atom stereocenters. The number of nitrogens with zero attached hydrogens (tertiary/aromatic N) is 1. The fourth-order valence-corrected chi connectivity index (χ4v) is 3.07. The van der Waals surface area contributed by atoms with Crippen molar-refractivity contribution in [3.05, 3.63) is 42.0 Å². The van der Waals surface area contributed by atoms with E-state index >= 15 is 0 Å². The summed E-state index contributed by atoms with van der Waals surface area (Å²) in [7, 11) is 3.23. The maximum Gasteiger partial charge on any atom is 0.254 e. The Kier molecular flexibility index (Phi) is 4.97. The van der Waals surface area contributed by atoms with Gasteiger partial charge in [0.05, 0.1) is 20.3 Å². The highest BCUT2D eigenvalue weighted by atomic mass is 16.5. The predicted octanol–water partition coefficient (Wildman–Crippen LogP) is 3.17. The second kappa shape index (κ2) is 7.02. The van der Waals surface area contributed by atoms with Gasteiger partial charge in [-0.25, -0.2) is 0 Å². The van der Waals surface area contributed by atoms with E-state index in [1.807, 2.05) is 23.1 Å². The van der Waals surface area contributed by atoms with Crippen LogP contribution in [0.25, 0.3) is 10.8 Å². The van der Waals surface area contributed by atoms with Crippen LogP contribution in [0.3, 0.4) is 0 Å². The summed E-state index contributed by atoms with van der Waals surface area (Å²) in [6.07, 6.45) is -0.128. The zero-order valence-electron chi connectivity index (χ0n) is 15.2. The summed E-state index contributed by atoms with van der Waals surface area (Å²) >= 11 is 0. The van der Waals surface area contributed by atoms with E-state index in [2.05, 4.69) is 18.2 Å². The summed E-state index contributed by atoms with van der Waals surface area (Å²) in [6, 6.07) is 12.2. The Morgan fingerprint density at radius 3 is 2.60 bits per heavy atom. The third-order valence-electron chi connectivity index (χ3n) is 4.82. The first kappa shape index (κ1) is 17.7. The van der Waals surface area contributed by atoms with Gasteiger partial charge in [-0.1, -0.05) is 18.2 Å². The van der Waals surface area contributed by atoms with Crippen molar-refractivity contribution >= 4 is 16.7 Å². The molecule has 134 valence electrons. The second-order valence-electron chi connectivity index (χ2n) is 6.80. The van der Waals surface area contributed by atoms with Gasteiger partial charge in [0.15, 0.2) is 0 Å². The highest BCUT2D eigenvalue weighted by Gasteiger charge is 2.35. The number of hydrogen-bond donors (Lipinski definition) is 0. The van der Waals surface area contributed by atoms with E-state index in [0.29, 0.717) is 19.7 Å². The molecule has 2 aromatic rings. The van der Waals surface area contributed by atoms with E-state index < -0.39 is 5.60 Å². The number of rotatable bonds is 4. The van der Waals surface area contributed by atoms with Crippen LogP contribution in [-0.2, 0) is 14.3 Å². The fourth-order valence-electron chi connectivity index (χ4n) is 3.07. The summed E-state index contributed by atoms with van der Waals surface area (Å²) in [4.78, 5) is 14.5. The van der Waals surface area contributed by atoms with Crippen molar-refractivity contribution in [3.8, 4) is 5.75 Å². The largest absolute Gasteiger partial charge is 0.497 e. The second-order valence-corrected chi connectivity index (χ2v) is 6.80. The molecular weight excluding hydrogens is 318 g/mol. The van der Waals surface area contributed by atoms with Gasteiger partial charge in [-0.3, -0.25) is 4.79 Å². The average Bonchev–Trinajstić information content (AvgIpc) is 2.66. The molecule has 1 aliphatic rings. The molecule has 5 nitrogen and oxygen atoms in total. The van der Waals surface area contributed by atoms with Gasteiger partial charge in [0.1, 0.15) is 17.5 Å². The van der Waals surface area contributed by atoms with E-state index in [1.165, 1.54) is 0 Å². The molecule has 5 heteroatoms. The maximum atomic E-state index is 12.6. The van der Waals surface area contributed by atoms with Gasteiger partial charge in [0, 0.05) is 13.7 Å².